The third kappa shape index (κ3) is 4.68. The summed E-state index contributed by atoms with van der Waals surface area (Å²) in [5, 5.41) is 4.64. The maximum absolute atomic E-state index is 6.84. The van der Waals surface area contributed by atoms with E-state index < -0.39 is 5.41 Å². The first kappa shape index (κ1) is 31.4. The lowest BCUT2D eigenvalue weighted by Gasteiger charge is -2.34. The minimum absolute atomic E-state index is 0.528. The first-order chi connectivity index (χ1) is 27.3. The van der Waals surface area contributed by atoms with E-state index in [2.05, 4.69) is 211 Å². The van der Waals surface area contributed by atoms with E-state index in [1.807, 2.05) is 6.07 Å². The van der Waals surface area contributed by atoms with Crippen LogP contribution >= 0.6 is 0 Å². The number of benzene rings is 9. The monoisotopic (exact) mass is 701 g/mol. The van der Waals surface area contributed by atoms with Gasteiger partial charge in [0.25, 0.3) is 0 Å². The van der Waals surface area contributed by atoms with E-state index in [0.717, 1.165) is 50.1 Å². The molecule has 10 aromatic rings. The van der Waals surface area contributed by atoms with Gasteiger partial charge in [-0.1, -0.05) is 182 Å². The van der Waals surface area contributed by atoms with E-state index in [1.165, 1.54) is 44.2 Å². The average Bonchev–Trinajstić information content (AvgIpc) is 3.79. The van der Waals surface area contributed by atoms with Gasteiger partial charge in [-0.2, -0.15) is 0 Å². The number of fused-ring (bicyclic) bond motifs is 7. The zero-order valence-electron chi connectivity index (χ0n) is 30.1. The molecule has 258 valence electrons. The molecule has 1 aromatic heterocycles. The zero-order chi connectivity index (χ0) is 36.3. The number of furan rings is 1. The van der Waals surface area contributed by atoms with Gasteiger partial charge in [-0.25, -0.2) is 0 Å². The van der Waals surface area contributed by atoms with Gasteiger partial charge in [0.15, 0.2) is 5.58 Å². The van der Waals surface area contributed by atoms with Crippen molar-refractivity contribution in [1.82, 2.24) is 0 Å². The summed E-state index contributed by atoms with van der Waals surface area (Å²) in [5.74, 6) is 0. The third-order valence-electron chi connectivity index (χ3n) is 11.5. The summed E-state index contributed by atoms with van der Waals surface area (Å²) in [6.45, 7) is 0. The number of hydrogen-bond donors (Lipinski definition) is 0. The average molecular weight is 702 g/mol. The Hall–Kier alpha value is -7.16. The topological polar surface area (TPSA) is 16.4 Å². The van der Waals surface area contributed by atoms with E-state index in [0.29, 0.717) is 0 Å². The van der Waals surface area contributed by atoms with Crippen molar-refractivity contribution in [2.24, 2.45) is 0 Å². The zero-order valence-corrected chi connectivity index (χ0v) is 30.1. The van der Waals surface area contributed by atoms with Crippen molar-refractivity contribution in [3.05, 3.63) is 235 Å². The van der Waals surface area contributed by atoms with Gasteiger partial charge in [0.2, 0.25) is 0 Å². The van der Waals surface area contributed by atoms with Crippen LogP contribution in [0.25, 0.3) is 55.0 Å². The first-order valence-corrected chi connectivity index (χ1v) is 18.9. The van der Waals surface area contributed by atoms with Crippen LogP contribution in [0, 0.1) is 0 Å². The van der Waals surface area contributed by atoms with Crippen LogP contribution in [-0.4, -0.2) is 0 Å². The lowest BCUT2D eigenvalue weighted by molar-refractivity contribution is 0.669. The molecule has 0 aliphatic heterocycles. The molecule has 9 aromatic carbocycles. The Morgan fingerprint density at radius 2 is 0.964 bits per heavy atom. The molecule has 2 heteroatoms. The number of hydrogen-bond acceptors (Lipinski definition) is 2. The fraction of sp³-hybridized carbons (Fsp3) is 0.0189. The molecule has 0 amide bonds. The molecule has 1 aliphatic carbocycles. The Morgan fingerprint density at radius 3 is 1.78 bits per heavy atom. The molecule has 0 unspecified atom stereocenters. The van der Waals surface area contributed by atoms with Crippen LogP contribution in [-0.2, 0) is 5.41 Å². The summed E-state index contributed by atoms with van der Waals surface area (Å²) in [6, 6.07) is 77.0. The van der Waals surface area contributed by atoms with E-state index in [-0.39, 0.29) is 0 Å². The quantitative estimate of drug-likeness (QED) is 0.172. The van der Waals surface area contributed by atoms with Crippen molar-refractivity contribution in [3.8, 4) is 22.3 Å². The van der Waals surface area contributed by atoms with Crippen molar-refractivity contribution in [2.75, 3.05) is 4.90 Å². The normalized spacial score (nSPS) is 12.9. The molecule has 0 radical (unpaired) electrons. The predicted molar refractivity (Wildman–Crippen MR) is 229 cm³/mol. The Labute approximate surface area is 320 Å². The summed E-state index contributed by atoms with van der Waals surface area (Å²) in [6.07, 6.45) is 0. The SMILES string of the molecule is c1ccc(C2(c3ccccc3)c3ccccc3-c3c(N(c4ccccc4-c4ccc5ccccc5c4)c4cccc5c4oc4ccccc45)cccc32)cc1. The molecule has 0 bridgehead atoms. The number of nitrogens with zero attached hydrogens (tertiary/aromatic N) is 1. The highest BCUT2D eigenvalue weighted by atomic mass is 16.3. The molecule has 2 nitrogen and oxygen atoms in total. The highest BCUT2D eigenvalue weighted by molar-refractivity contribution is 6.12. The summed E-state index contributed by atoms with van der Waals surface area (Å²) in [5.41, 5.74) is 14.1. The molecule has 0 atom stereocenters. The van der Waals surface area contributed by atoms with Crippen LogP contribution in [0.1, 0.15) is 22.3 Å². The highest BCUT2D eigenvalue weighted by Crippen LogP contribution is 2.60. The Morgan fingerprint density at radius 1 is 0.382 bits per heavy atom. The first-order valence-electron chi connectivity index (χ1n) is 18.9. The molecule has 55 heavy (non-hydrogen) atoms. The van der Waals surface area contributed by atoms with Crippen molar-refractivity contribution in [1.29, 1.82) is 0 Å². The Balaban J connectivity index is 1.26. The summed E-state index contributed by atoms with van der Waals surface area (Å²) in [7, 11) is 0. The van der Waals surface area contributed by atoms with Crippen LogP contribution < -0.4 is 4.90 Å². The number of rotatable bonds is 6. The lowest BCUT2D eigenvalue weighted by atomic mass is 9.68. The fourth-order valence-corrected chi connectivity index (χ4v) is 9.23. The molecule has 1 aliphatic rings. The Bertz CT molecular complexity index is 3010. The summed E-state index contributed by atoms with van der Waals surface area (Å²) >= 11 is 0. The largest absolute Gasteiger partial charge is 0.454 e. The van der Waals surface area contributed by atoms with Gasteiger partial charge in [-0.3, -0.25) is 0 Å². The van der Waals surface area contributed by atoms with Gasteiger partial charge in [-0.15, -0.1) is 0 Å². The van der Waals surface area contributed by atoms with Crippen LogP contribution in [0.15, 0.2) is 217 Å². The van der Waals surface area contributed by atoms with E-state index in [4.69, 9.17) is 4.42 Å². The minimum atomic E-state index is -0.528. The predicted octanol–water partition coefficient (Wildman–Crippen LogP) is 14.2. The van der Waals surface area contributed by atoms with E-state index >= 15 is 0 Å². The van der Waals surface area contributed by atoms with E-state index in [9.17, 15) is 0 Å². The molecule has 0 spiro atoms. The van der Waals surface area contributed by atoms with Gasteiger partial charge in [-0.05, 0) is 74.5 Å². The van der Waals surface area contributed by atoms with Crippen molar-refractivity contribution in [3.63, 3.8) is 0 Å². The summed E-state index contributed by atoms with van der Waals surface area (Å²) in [4.78, 5) is 2.46. The number of anilines is 3. The second kappa shape index (κ2) is 12.5. The second-order valence-corrected chi connectivity index (χ2v) is 14.4. The maximum Gasteiger partial charge on any atom is 0.159 e. The van der Waals surface area contributed by atoms with Crippen LogP contribution in [0.3, 0.4) is 0 Å². The molecular formula is C53H35NO. The molecular weight excluding hydrogens is 667 g/mol. The van der Waals surface area contributed by atoms with Crippen LogP contribution in [0.2, 0.25) is 0 Å². The van der Waals surface area contributed by atoms with Crippen LogP contribution in [0.5, 0.6) is 0 Å². The van der Waals surface area contributed by atoms with Gasteiger partial charge < -0.3 is 9.32 Å². The van der Waals surface area contributed by atoms with Gasteiger partial charge in [0.05, 0.1) is 22.5 Å². The van der Waals surface area contributed by atoms with Crippen molar-refractivity contribution < 1.29 is 4.42 Å². The highest BCUT2D eigenvalue weighted by Gasteiger charge is 2.47. The summed E-state index contributed by atoms with van der Waals surface area (Å²) < 4.78 is 6.84. The van der Waals surface area contributed by atoms with Gasteiger partial charge in [0, 0.05) is 21.9 Å². The maximum atomic E-state index is 6.84. The second-order valence-electron chi connectivity index (χ2n) is 14.4. The fourth-order valence-electron chi connectivity index (χ4n) is 9.23. The standard InChI is InChI=1S/C53H35NO/c1-3-19-39(20-4-1)53(40-21-5-2-6-22-40)45-27-12-9-25-44(45)51-46(53)28-16-30-48(51)54(49-31-15-26-43-42-24-11-14-32-50(42)55-52(43)49)47-29-13-10-23-41(47)38-34-33-36-17-7-8-18-37(36)35-38/h1-35H. The number of para-hydroxylation sites is 3. The lowest BCUT2D eigenvalue weighted by Crippen LogP contribution is -2.28. The smallest absolute Gasteiger partial charge is 0.159 e. The molecule has 0 N–H and O–H groups in total. The molecule has 1 heterocycles. The Kier molecular flexibility index (Phi) is 7.11. The molecule has 0 fully saturated rings. The van der Waals surface area contributed by atoms with Gasteiger partial charge >= 0.3 is 0 Å². The van der Waals surface area contributed by atoms with Gasteiger partial charge in [0.1, 0.15) is 5.58 Å². The van der Waals surface area contributed by atoms with Crippen molar-refractivity contribution >= 4 is 49.8 Å². The molecule has 0 saturated carbocycles. The van der Waals surface area contributed by atoms with Crippen LogP contribution in [0.4, 0.5) is 17.1 Å². The third-order valence-corrected chi connectivity index (χ3v) is 11.5. The molecule has 11 rings (SSSR count). The molecule has 0 saturated heterocycles. The minimum Gasteiger partial charge on any atom is -0.454 e. The van der Waals surface area contributed by atoms with Crippen molar-refractivity contribution in [2.45, 2.75) is 5.41 Å². The van der Waals surface area contributed by atoms with E-state index in [1.54, 1.807) is 0 Å².